The van der Waals surface area contributed by atoms with Crippen molar-refractivity contribution in [2.24, 2.45) is 17.8 Å². The van der Waals surface area contributed by atoms with E-state index in [1.807, 2.05) is 22.8 Å². The first-order valence-corrected chi connectivity index (χ1v) is 10.6. The summed E-state index contributed by atoms with van der Waals surface area (Å²) in [6.45, 7) is 0. The summed E-state index contributed by atoms with van der Waals surface area (Å²) < 4.78 is 1.87. The van der Waals surface area contributed by atoms with Crippen LogP contribution in [0.5, 0.6) is 0 Å². The molecule has 0 amide bonds. The van der Waals surface area contributed by atoms with Crippen molar-refractivity contribution in [3.63, 3.8) is 0 Å². The topological polar surface area (TPSA) is 96.1 Å². The summed E-state index contributed by atoms with van der Waals surface area (Å²) in [6, 6.07) is 10.3. The number of aromatic nitrogens is 4. The van der Waals surface area contributed by atoms with Crippen LogP contribution in [0.25, 0.3) is 11.2 Å². The van der Waals surface area contributed by atoms with Crippen molar-refractivity contribution < 1.29 is 10.2 Å². The molecule has 0 bridgehead atoms. The van der Waals surface area contributed by atoms with Crippen LogP contribution in [-0.2, 0) is 0 Å². The zero-order valence-corrected chi connectivity index (χ0v) is 16.4. The van der Waals surface area contributed by atoms with E-state index in [0.717, 1.165) is 6.42 Å². The van der Waals surface area contributed by atoms with E-state index in [-0.39, 0.29) is 29.2 Å². The Morgan fingerprint density at radius 3 is 2.55 bits per heavy atom. The first kappa shape index (κ1) is 17.6. The highest BCUT2D eigenvalue weighted by molar-refractivity contribution is 6.28. The van der Waals surface area contributed by atoms with Gasteiger partial charge < -0.3 is 20.1 Å². The molecule has 0 saturated heterocycles. The number of rotatable bonds is 5. The molecule has 3 aliphatic rings. The quantitative estimate of drug-likeness (QED) is 0.558. The summed E-state index contributed by atoms with van der Waals surface area (Å²) in [7, 11) is 0. The minimum absolute atomic E-state index is 0.141. The number of hydrogen-bond donors (Lipinski definition) is 3. The number of fused-ring (bicyclic) bond motifs is 2. The molecule has 0 radical (unpaired) electrons. The Labute approximate surface area is 172 Å². The molecule has 3 saturated carbocycles. The minimum atomic E-state index is -0.815. The van der Waals surface area contributed by atoms with Crippen molar-refractivity contribution in [1.82, 2.24) is 19.5 Å². The number of imidazole rings is 1. The SMILES string of the molecule is O[C@@H]1[C@H](O)[C@@H]2C[C@@H]2[C@H]1n1cnc2c(NC(c3ccccc3)C3CC3)nc(Cl)nc21. The zero-order valence-electron chi connectivity index (χ0n) is 15.7. The molecular formula is C21H22ClN5O2. The fraction of sp³-hybridized carbons (Fsp3) is 0.476. The second-order valence-electron chi connectivity index (χ2n) is 8.57. The minimum Gasteiger partial charge on any atom is -0.390 e. The maximum atomic E-state index is 10.5. The summed E-state index contributed by atoms with van der Waals surface area (Å²) in [5, 5.41) is 24.4. The molecule has 8 heteroatoms. The molecule has 1 aromatic carbocycles. The van der Waals surface area contributed by atoms with E-state index < -0.39 is 12.2 Å². The molecule has 6 atom stereocenters. The Kier molecular flexibility index (Phi) is 3.88. The first-order valence-electron chi connectivity index (χ1n) is 10.2. The van der Waals surface area contributed by atoms with Crippen LogP contribution in [0.15, 0.2) is 36.7 Å². The van der Waals surface area contributed by atoms with Gasteiger partial charge in [-0.15, -0.1) is 0 Å². The standard InChI is InChI=1S/C21H22ClN5O2/c22-21-25-19(24-14(11-6-7-11)10-4-2-1-3-5-10)15-20(26-21)27(9-23-15)16-12-8-13(12)17(28)18(16)29/h1-5,9,11-14,16-18,28-29H,6-8H2,(H,24,25,26)/t12-,13+,14?,16+,17+,18-/m0/s1. The molecule has 6 rings (SSSR count). The molecule has 0 aliphatic heterocycles. The maximum Gasteiger partial charge on any atom is 0.226 e. The number of nitrogens with zero attached hydrogens (tertiary/aromatic N) is 4. The Hall–Kier alpha value is -2.22. The van der Waals surface area contributed by atoms with Gasteiger partial charge in [-0.25, -0.2) is 4.98 Å². The highest BCUT2D eigenvalue weighted by Gasteiger charge is 2.60. The number of hydrogen-bond acceptors (Lipinski definition) is 6. The largest absolute Gasteiger partial charge is 0.390 e. The third kappa shape index (κ3) is 2.83. The monoisotopic (exact) mass is 411 g/mol. The highest BCUT2D eigenvalue weighted by Crippen LogP contribution is 2.58. The van der Waals surface area contributed by atoms with Crippen LogP contribution in [0.2, 0.25) is 5.28 Å². The molecule has 1 unspecified atom stereocenters. The fourth-order valence-electron chi connectivity index (χ4n) is 5.02. The molecular weight excluding hydrogens is 390 g/mol. The van der Waals surface area contributed by atoms with Gasteiger partial charge in [0.2, 0.25) is 5.28 Å². The number of halogens is 1. The molecule has 2 heterocycles. The lowest BCUT2D eigenvalue weighted by atomic mass is 10.0. The summed E-state index contributed by atoms with van der Waals surface area (Å²) >= 11 is 6.28. The van der Waals surface area contributed by atoms with Gasteiger partial charge in [0, 0.05) is 0 Å². The molecule has 3 aromatic rings. The molecule has 150 valence electrons. The van der Waals surface area contributed by atoms with E-state index >= 15 is 0 Å². The summed E-state index contributed by atoms with van der Waals surface area (Å²) in [4.78, 5) is 13.4. The first-order chi connectivity index (χ1) is 14.1. The van der Waals surface area contributed by atoms with Gasteiger partial charge in [0.1, 0.15) is 6.10 Å². The average molecular weight is 412 g/mol. The van der Waals surface area contributed by atoms with Gasteiger partial charge in [0.15, 0.2) is 17.0 Å². The van der Waals surface area contributed by atoms with E-state index in [1.54, 1.807) is 6.33 Å². The normalized spacial score (nSPS) is 31.6. The second-order valence-corrected chi connectivity index (χ2v) is 8.91. The van der Waals surface area contributed by atoms with Crippen molar-refractivity contribution in [3.05, 3.63) is 47.5 Å². The van der Waals surface area contributed by atoms with Gasteiger partial charge in [0.05, 0.1) is 24.5 Å². The van der Waals surface area contributed by atoms with Crippen molar-refractivity contribution in [1.29, 1.82) is 0 Å². The van der Waals surface area contributed by atoms with Crippen LogP contribution in [0.1, 0.15) is 36.9 Å². The molecule has 3 N–H and O–H groups in total. The van der Waals surface area contributed by atoms with Crippen molar-refractivity contribution in [2.75, 3.05) is 5.32 Å². The van der Waals surface area contributed by atoms with Crippen LogP contribution in [-0.4, -0.2) is 41.9 Å². The number of aliphatic hydroxyl groups excluding tert-OH is 2. The van der Waals surface area contributed by atoms with E-state index in [0.29, 0.717) is 22.9 Å². The van der Waals surface area contributed by atoms with Crippen molar-refractivity contribution in [2.45, 2.75) is 43.6 Å². The zero-order chi connectivity index (χ0) is 19.7. The van der Waals surface area contributed by atoms with Gasteiger partial charge in [-0.1, -0.05) is 30.3 Å². The van der Waals surface area contributed by atoms with Crippen LogP contribution >= 0.6 is 11.6 Å². The summed E-state index contributed by atoms with van der Waals surface area (Å²) in [6.07, 6.45) is 3.47. The van der Waals surface area contributed by atoms with Crippen LogP contribution in [0, 0.1) is 17.8 Å². The fourth-order valence-corrected chi connectivity index (χ4v) is 5.18. The predicted molar refractivity (Wildman–Crippen MR) is 109 cm³/mol. The van der Waals surface area contributed by atoms with Gasteiger partial charge in [-0.2, -0.15) is 9.97 Å². The second kappa shape index (κ2) is 6.39. The molecule has 3 fully saturated rings. The third-order valence-corrected chi connectivity index (χ3v) is 6.90. The molecule has 3 aliphatic carbocycles. The van der Waals surface area contributed by atoms with Crippen LogP contribution in [0.3, 0.4) is 0 Å². The van der Waals surface area contributed by atoms with Gasteiger partial charge in [0.25, 0.3) is 0 Å². The summed E-state index contributed by atoms with van der Waals surface area (Å²) in [5.74, 6) is 1.59. The van der Waals surface area contributed by atoms with E-state index in [1.165, 1.54) is 18.4 Å². The molecule has 29 heavy (non-hydrogen) atoms. The Balaban J connectivity index is 1.40. The van der Waals surface area contributed by atoms with Gasteiger partial charge >= 0.3 is 0 Å². The van der Waals surface area contributed by atoms with Crippen LogP contribution < -0.4 is 5.32 Å². The van der Waals surface area contributed by atoms with Gasteiger partial charge in [-0.3, -0.25) is 0 Å². The van der Waals surface area contributed by atoms with Crippen molar-refractivity contribution >= 4 is 28.6 Å². The summed E-state index contributed by atoms with van der Waals surface area (Å²) in [5.41, 5.74) is 2.45. The molecule has 0 spiro atoms. The van der Waals surface area contributed by atoms with Gasteiger partial charge in [-0.05, 0) is 54.2 Å². The Morgan fingerprint density at radius 2 is 1.86 bits per heavy atom. The van der Waals surface area contributed by atoms with E-state index in [9.17, 15) is 10.2 Å². The maximum absolute atomic E-state index is 10.5. The number of benzene rings is 1. The smallest absolute Gasteiger partial charge is 0.226 e. The molecule has 2 aromatic heterocycles. The number of nitrogens with one attached hydrogen (secondary N) is 1. The molecule has 7 nitrogen and oxygen atoms in total. The lowest BCUT2D eigenvalue weighted by Crippen LogP contribution is -2.31. The average Bonchev–Trinajstić information content (AvgIpc) is 3.63. The van der Waals surface area contributed by atoms with Crippen LogP contribution in [0.4, 0.5) is 5.82 Å². The number of anilines is 1. The van der Waals surface area contributed by atoms with E-state index in [2.05, 4.69) is 32.4 Å². The third-order valence-electron chi connectivity index (χ3n) is 6.73. The Morgan fingerprint density at radius 1 is 1.07 bits per heavy atom. The lowest BCUT2D eigenvalue weighted by molar-refractivity contribution is 0.00386. The highest BCUT2D eigenvalue weighted by atomic mass is 35.5. The predicted octanol–water partition coefficient (Wildman–Crippen LogP) is 2.96. The lowest BCUT2D eigenvalue weighted by Gasteiger charge is -2.22. The van der Waals surface area contributed by atoms with E-state index in [4.69, 9.17) is 11.6 Å². The number of aliphatic hydroxyl groups is 2. The van der Waals surface area contributed by atoms with Crippen molar-refractivity contribution in [3.8, 4) is 0 Å². The Bertz CT molecular complexity index is 1070.